The number of benzene rings is 2. The predicted molar refractivity (Wildman–Crippen MR) is 117 cm³/mol. The summed E-state index contributed by atoms with van der Waals surface area (Å²) in [5.41, 5.74) is 1.16. The maximum atomic E-state index is 13.8. The maximum absolute atomic E-state index is 13.8. The molecule has 1 aliphatic heterocycles. The highest BCUT2D eigenvalue weighted by Gasteiger charge is 2.54. The van der Waals surface area contributed by atoms with Crippen LogP contribution in [0.25, 0.3) is 0 Å². The number of halogens is 1. The molecule has 0 aliphatic carbocycles. The van der Waals surface area contributed by atoms with Gasteiger partial charge >= 0.3 is 6.03 Å². The quantitative estimate of drug-likeness (QED) is 0.599. The van der Waals surface area contributed by atoms with Crippen molar-refractivity contribution < 1.29 is 18.8 Å². The number of pyridine rings is 1. The third kappa shape index (κ3) is 4.14. The van der Waals surface area contributed by atoms with Crippen molar-refractivity contribution in [3.63, 3.8) is 0 Å². The Morgan fingerprint density at radius 2 is 1.69 bits per heavy atom. The minimum Gasteiger partial charge on any atom is -0.276 e. The predicted octanol–water partition coefficient (Wildman–Crippen LogP) is 3.97. The molecule has 162 valence electrons. The third-order valence-electron chi connectivity index (χ3n) is 5.72. The maximum Gasteiger partial charge on any atom is 0.335 e. The van der Waals surface area contributed by atoms with Crippen molar-refractivity contribution >= 4 is 23.5 Å². The van der Waals surface area contributed by atoms with E-state index in [9.17, 15) is 18.8 Å². The van der Waals surface area contributed by atoms with Crippen LogP contribution in [0.4, 0.5) is 14.9 Å². The lowest BCUT2D eigenvalue weighted by molar-refractivity contribution is -0.143. The smallest absolute Gasteiger partial charge is 0.276 e. The number of rotatable bonds is 6. The van der Waals surface area contributed by atoms with Gasteiger partial charge in [0.15, 0.2) is 0 Å². The number of nitrogens with one attached hydrogen (secondary N) is 1. The van der Waals surface area contributed by atoms with Gasteiger partial charge in [-0.25, -0.2) is 14.1 Å². The first-order valence-electron chi connectivity index (χ1n) is 10.3. The molecule has 2 heterocycles. The molecule has 7 heteroatoms. The Hall–Kier alpha value is -3.87. The molecule has 0 unspecified atom stereocenters. The van der Waals surface area contributed by atoms with Gasteiger partial charge < -0.3 is 0 Å². The van der Waals surface area contributed by atoms with Crippen LogP contribution in [0.1, 0.15) is 23.2 Å². The number of hydrogen-bond acceptors (Lipinski definition) is 4. The van der Waals surface area contributed by atoms with E-state index in [1.807, 2.05) is 19.1 Å². The lowest BCUT2D eigenvalue weighted by Crippen LogP contribution is -2.65. The highest BCUT2D eigenvalue weighted by molar-refractivity contribution is 6.30. The fourth-order valence-electron chi connectivity index (χ4n) is 3.91. The van der Waals surface area contributed by atoms with Crippen LogP contribution >= 0.6 is 0 Å². The molecule has 32 heavy (non-hydrogen) atoms. The van der Waals surface area contributed by atoms with E-state index in [2.05, 4.69) is 10.3 Å². The molecule has 1 N–H and O–H groups in total. The minimum atomic E-state index is -1.55. The Labute approximate surface area is 185 Å². The summed E-state index contributed by atoms with van der Waals surface area (Å²) < 4.78 is 13.4. The zero-order valence-electron chi connectivity index (χ0n) is 17.5. The summed E-state index contributed by atoms with van der Waals surface area (Å²) >= 11 is 0. The molecule has 3 aromatic rings. The highest BCUT2D eigenvalue weighted by Crippen LogP contribution is 2.36. The summed E-state index contributed by atoms with van der Waals surface area (Å²) in [6.45, 7) is 1.90. The van der Waals surface area contributed by atoms with Crippen molar-refractivity contribution in [3.8, 4) is 0 Å². The Kier molecular flexibility index (Phi) is 5.81. The van der Waals surface area contributed by atoms with Crippen molar-refractivity contribution in [3.05, 3.63) is 95.6 Å². The van der Waals surface area contributed by atoms with Crippen LogP contribution < -0.4 is 10.2 Å². The fourth-order valence-corrected chi connectivity index (χ4v) is 3.91. The normalized spacial score (nSPS) is 18.6. The molecule has 0 radical (unpaired) electrons. The van der Waals surface area contributed by atoms with Crippen molar-refractivity contribution in [1.82, 2.24) is 10.3 Å². The summed E-state index contributed by atoms with van der Waals surface area (Å²) in [7, 11) is 0. The van der Waals surface area contributed by atoms with Gasteiger partial charge in [-0.3, -0.25) is 19.9 Å². The van der Waals surface area contributed by atoms with Gasteiger partial charge in [0.1, 0.15) is 11.2 Å². The topological polar surface area (TPSA) is 79.4 Å². The fraction of sp³-hybridized carbons (Fsp3) is 0.200. The van der Waals surface area contributed by atoms with Gasteiger partial charge in [-0.1, -0.05) is 35.9 Å². The third-order valence-corrected chi connectivity index (χ3v) is 5.72. The molecule has 2 aromatic carbocycles. The van der Waals surface area contributed by atoms with Gasteiger partial charge in [-0.15, -0.1) is 0 Å². The molecule has 1 saturated heterocycles. The van der Waals surface area contributed by atoms with Gasteiger partial charge in [0.2, 0.25) is 5.91 Å². The summed E-state index contributed by atoms with van der Waals surface area (Å²) in [5, 5.41) is 2.36. The Morgan fingerprint density at radius 1 is 0.969 bits per heavy atom. The lowest BCUT2D eigenvalue weighted by atomic mass is 9.74. The molecule has 1 fully saturated rings. The van der Waals surface area contributed by atoms with E-state index in [0.29, 0.717) is 17.7 Å². The van der Waals surface area contributed by atoms with Gasteiger partial charge in [0.25, 0.3) is 5.91 Å². The minimum absolute atomic E-state index is 0.0282. The number of anilines is 1. The van der Waals surface area contributed by atoms with Crippen LogP contribution in [0.2, 0.25) is 0 Å². The van der Waals surface area contributed by atoms with E-state index in [-0.39, 0.29) is 12.8 Å². The largest absolute Gasteiger partial charge is 0.335 e. The van der Waals surface area contributed by atoms with Crippen LogP contribution in [0.3, 0.4) is 0 Å². The van der Waals surface area contributed by atoms with Crippen LogP contribution in [0.15, 0.2) is 72.9 Å². The molecule has 0 saturated carbocycles. The van der Waals surface area contributed by atoms with Gasteiger partial charge in [-0.2, -0.15) is 0 Å². The number of aromatic nitrogens is 1. The molecular formula is C25H22FN3O3. The first-order chi connectivity index (χ1) is 15.4. The van der Waals surface area contributed by atoms with Crippen molar-refractivity contribution in [1.29, 1.82) is 0 Å². The second kappa shape index (κ2) is 8.70. The van der Waals surface area contributed by atoms with Crippen LogP contribution in [0.5, 0.6) is 0 Å². The SMILES string of the molecule is Cc1ccc(N2C(=O)NC(=O)[C@@](CCc3ccccn3)(Cc3ccc(F)cc3)C2=O)cc1. The van der Waals surface area contributed by atoms with Crippen LogP contribution in [-0.4, -0.2) is 22.8 Å². The Bertz CT molecular complexity index is 1150. The zero-order chi connectivity index (χ0) is 22.7. The summed E-state index contributed by atoms with van der Waals surface area (Å²) in [4.78, 5) is 45.0. The van der Waals surface area contributed by atoms with E-state index in [1.165, 1.54) is 12.1 Å². The average Bonchev–Trinajstić information content (AvgIpc) is 2.79. The summed E-state index contributed by atoms with van der Waals surface area (Å²) in [5.74, 6) is -1.67. The van der Waals surface area contributed by atoms with Crippen molar-refractivity contribution in [2.75, 3.05) is 4.90 Å². The monoisotopic (exact) mass is 431 g/mol. The van der Waals surface area contributed by atoms with Crippen molar-refractivity contribution in [2.45, 2.75) is 26.2 Å². The Balaban J connectivity index is 1.75. The zero-order valence-corrected chi connectivity index (χ0v) is 17.5. The first-order valence-corrected chi connectivity index (χ1v) is 10.3. The van der Waals surface area contributed by atoms with Gasteiger partial charge in [0, 0.05) is 11.9 Å². The van der Waals surface area contributed by atoms with Gasteiger partial charge in [0.05, 0.1) is 5.69 Å². The van der Waals surface area contributed by atoms with E-state index < -0.39 is 29.1 Å². The number of aryl methyl sites for hydroxylation is 2. The number of amides is 4. The molecule has 1 aliphatic rings. The lowest BCUT2D eigenvalue weighted by Gasteiger charge is -2.39. The molecule has 0 spiro atoms. The Morgan fingerprint density at radius 3 is 2.34 bits per heavy atom. The summed E-state index contributed by atoms with van der Waals surface area (Å²) in [6.07, 6.45) is 2.17. The number of urea groups is 1. The molecule has 0 bridgehead atoms. The molecular weight excluding hydrogens is 409 g/mol. The first kappa shape index (κ1) is 21.4. The van der Waals surface area contributed by atoms with Crippen molar-refractivity contribution in [2.24, 2.45) is 5.41 Å². The number of barbiturate groups is 1. The molecule has 1 aromatic heterocycles. The molecule has 4 rings (SSSR count). The number of carbonyl (C=O) groups excluding carboxylic acids is 3. The van der Waals surface area contributed by atoms with E-state index >= 15 is 0 Å². The van der Waals surface area contributed by atoms with Crippen LogP contribution in [-0.2, 0) is 22.4 Å². The molecule has 6 nitrogen and oxygen atoms in total. The number of hydrogen-bond donors (Lipinski definition) is 1. The van der Waals surface area contributed by atoms with E-state index in [0.717, 1.165) is 16.2 Å². The van der Waals surface area contributed by atoms with E-state index in [4.69, 9.17) is 0 Å². The number of carbonyl (C=O) groups is 3. The average molecular weight is 431 g/mol. The molecule has 1 atom stereocenters. The molecule has 4 amide bonds. The standard InChI is InChI=1S/C25H22FN3O3/c1-17-5-11-21(12-6-17)29-23(31)25(22(30)28-24(29)32,14-13-20-4-2-3-15-27-20)16-18-7-9-19(26)10-8-18/h2-12,15H,13-14,16H2,1H3,(H,28,30,32)/t25-/m1/s1. The number of nitrogens with zero attached hydrogens (tertiary/aromatic N) is 2. The van der Waals surface area contributed by atoms with E-state index in [1.54, 1.807) is 48.7 Å². The van der Waals surface area contributed by atoms with Gasteiger partial charge in [-0.05, 0) is 68.1 Å². The number of imide groups is 2. The second-order valence-electron chi connectivity index (χ2n) is 7.94. The van der Waals surface area contributed by atoms with Crippen LogP contribution in [0, 0.1) is 18.2 Å². The summed E-state index contributed by atoms with van der Waals surface area (Å²) in [6, 6.07) is 17.3. The second-order valence-corrected chi connectivity index (χ2v) is 7.94. The highest BCUT2D eigenvalue weighted by atomic mass is 19.1.